The van der Waals surface area contributed by atoms with Gasteiger partial charge in [0, 0.05) is 0 Å². The van der Waals surface area contributed by atoms with Crippen LogP contribution in [0, 0.1) is 0 Å². The lowest BCUT2D eigenvalue weighted by atomic mass is 10.2. The summed E-state index contributed by atoms with van der Waals surface area (Å²) in [6.45, 7) is 3.85. The normalized spacial score (nSPS) is 12.1. The molecule has 1 aromatic carbocycles. The van der Waals surface area contributed by atoms with E-state index in [1.165, 1.54) is 0 Å². The second-order valence-electron chi connectivity index (χ2n) is 5.15. The molecule has 2 aromatic heterocycles. The van der Waals surface area contributed by atoms with Crippen LogP contribution >= 0.6 is 11.5 Å². The van der Waals surface area contributed by atoms with Gasteiger partial charge < -0.3 is 10.3 Å². The number of amides is 1. The summed E-state index contributed by atoms with van der Waals surface area (Å²) in [5, 5.41) is 6.90. The lowest BCUT2D eigenvalue weighted by Crippen LogP contribution is -2.27. The Bertz CT molecular complexity index is 796. The highest BCUT2D eigenvalue weighted by Crippen LogP contribution is 2.19. The van der Waals surface area contributed by atoms with Gasteiger partial charge in [-0.05, 0) is 30.4 Å². The van der Waals surface area contributed by atoms with Crippen LogP contribution in [0.1, 0.15) is 41.1 Å². The highest BCUT2D eigenvalue weighted by atomic mass is 32.1. The second kappa shape index (κ2) is 6.70. The van der Waals surface area contributed by atoms with Crippen molar-refractivity contribution in [1.29, 1.82) is 0 Å². The third kappa shape index (κ3) is 3.29. The van der Waals surface area contributed by atoms with Crippen LogP contribution in [-0.2, 0) is 6.42 Å². The molecule has 0 saturated heterocycles. The van der Waals surface area contributed by atoms with Gasteiger partial charge in [0.15, 0.2) is 0 Å². The quantitative estimate of drug-likeness (QED) is 0.754. The number of nitrogens with one attached hydrogen (secondary N) is 2. The predicted molar refractivity (Wildman–Crippen MR) is 89.2 cm³/mol. The van der Waals surface area contributed by atoms with Crippen molar-refractivity contribution < 1.29 is 4.79 Å². The summed E-state index contributed by atoms with van der Waals surface area (Å²) in [5.74, 6) is 0.551. The number of carbonyl (C=O) groups is 1. The minimum absolute atomic E-state index is 0.165. The molecule has 0 fully saturated rings. The number of imidazole rings is 1. The largest absolute Gasteiger partial charge is 0.342 e. The van der Waals surface area contributed by atoms with Crippen molar-refractivity contribution in [1.82, 2.24) is 24.9 Å². The van der Waals surface area contributed by atoms with Crippen LogP contribution in [0.2, 0.25) is 0 Å². The molecule has 0 bridgehead atoms. The SMILES string of the molecule is CCc1nnsc1C(=O)N[C@@H](C)c1ncc(-c2ccccc2)[nH]1. The monoisotopic (exact) mass is 327 g/mol. The highest BCUT2D eigenvalue weighted by molar-refractivity contribution is 7.08. The van der Waals surface area contributed by atoms with E-state index in [4.69, 9.17) is 0 Å². The van der Waals surface area contributed by atoms with Crippen LogP contribution in [0.5, 0.6) is 0 Å². The zero-order valence-electron chi connectivity index (χ0n) is 12.9. The molecule has 0 aliphatic rings. The number of hydrogen-bond acceptors (Lipinski definition) is 5. The van der Waals surface area contributed by atoms with Crippen molar-refractivity contribution in [3.63, 3.8) is 0 Å². The molecule has 3 aromatic rings. The van der Waals surface area contributed by atoms with Gasteiger partial charge in [0.2, 0.25) is 0 Å². The molecule has 7 heteroatoms. The number of aromatic nitrogens is 4. The standard InChI is InChI=1S/C16H17N5OS/c1-3-12-14(23-21-20-12)16(22)18-10(2)15-17-9-13(19-15)11-7-5-4-6-8-11/h4-10H,3H2,1-2H3,(H,17,19)(H,18,22)/t10-/m0/s1. The Morgan fingerprint density at radius 1 is 1.35 bits per heavy atom. The van der Waals surface area contributed by atoms with Crippen LogP contribution in [0.3, 0.4) is 0 Å². The summed E-state index contributed by atoms with van der Waals surface area (Å²) in [7, 11) is 0. The fraction of sp³-hybridized carbons (Fsp3) is 0.250. The van der Waals surface area contributed by atoms with Crippen molar-refractivity contribution in [3.8, 4) is 11.3 Å². The van der Waals surface area contributed by atoms with Crippen LogP contribution < -0.4 is 5.32 Å². The molecule has 2 N–H and O–H groups in total. The third-order valence-corrected chi connectivity index (χ3v) is 4.30. The molecule has 0 aliphatic carbocycles. The lowest BCUT2D eigenvalue weighted by molar-refractivity contribution is 0.0941. The molecule has 0 spiro atoms. The number of hydrogen-bond donors (Lipinski definition) is 2. The summed E-state index contributed by atoms with van der Waals surface area (Å²) in [6, 6.07) is 9.71. The fourth-order valence-corrected chi connectivity index (χ4v) is 2.92. The number of rotatable bonds is 5. The molecule has 2 heterocycles. The average molecular weight is 327 g/mol. The first-order valence-electron chi connectivity index (χ1n) is 7.41. The first-order valence-corrected chi connectivity index (χ1v) is 8.18. The number of aromatic amines is 1. The molecule has 0 saturated carbocycles. The Kier molecular flexibility index (Phi) is 4.47. The third-order valence-electron chi connectivity index (χ3n) is 3.53. The minimum Gasteiger partial charge on any atom is -0.342 e. The topological polar surface area (TPSA) is 83.6 Å². The molecule has 0 radical (unpaired) electrons. The Balaban J connectivity index is 1.73. The van der Waals surface area contributed by atoms with Crippen LogP contribution in [0.25, 0.3) is 11.3 Å². The van der Waals surface area contributed by atoms with Crippen molar-refractivity contribution in [2.45, 2.75) is 26.3 Å². The van der Waals surface area contributed by atoms with Crippen molar-refractivity contribution >= 4 is 17.4 Å². The van der Waals surface area contributed by atoms with Crippen molar-refractivity contribution in [3.05, 3.63) is 52.9 Å². The molecule has 1 atom stereocenters. The maximum atomic E-state index is 12.3. The van der Waals surface area contributed by atoms with Gasteiger partial charge >= 0.3 is 0 Å². The van der Waals surface area contributed by atoms with Gasteiger partial charge in [-0.1, -0.05) is 41.7 Å². The zero-order valence-corrected chi connectivity index (χ0v) is 13.7. The molecule has 0 aliphatic heterocycles. The lowest BCUT2D eigenvalue weighted by Gasteiger charge is -2.10. The molecule has 0 unspecified atom stereocenters. The van der Waals surface area contributed by atoms with Gasteiger partial charge in [0.25, 0.3) is 5.91 Å². The van der Waals surface area contributed by atoms with E-state index in [9.17, 15) is 4.79 Å². The highest BCUT2D eigenvalue weighted by Gasteiger charge is 2.19. The number of carbonyl (C=O) groups excluding carboxylic acids is 1. The van der Waals surface area contributed by atoms with E-state index >= 15 is 0 Å². The van der Waals surface area contributed by atoms with Crippen molar-refractivity contribution in [2.75, 3.05) is 0 Å². The average Bonchev–Trinajstić information content (AvgIpc) is 3.24. The summed E-state index contributed by atoms with van der Waals surface area (Å²) in [4.78, 5) is 20.5. The summed E-state index contributed by atoms with van der Waals surface area (Å²) >= 11 is 1.12. The smallest absolute Gasteiger partial charge is 0.265 e. The van der Waals surface area contributed by atoms with Crippen LogP contribution in [0.4, 0.5) is 0 Å². The Hall–Kier alpha value is -2.54. The molecular formula is C16H17N5OS. The minimum atomic E-state index is -0.230. The Morgan fingerprint density at radius 3 is 2.87 bits per heavy atom. The molecule has 3 rings (SSSR count). The Labute approximate surface area is 138 Å². The summed E-state index contributed by atoms with van der Waals surface area (Å²) in [5.41, 5.74) is 2.71. The summed E-state index contributed by atoms with van der Waals surface area (Å²) < 4.78 is 3.85. The zero-order chi connectivity index (χ0) is 16.2. The molecule has 6 nitrogen and oxygen atoms in total. The first-order chi connectivity index (χ1) is 11.2. The van der Waals surface area contributed by atoms with Gasteiger partial charge in [-0.2, -0.15) is 0 Å². The van der Waals surface area contributed by atoms with E-state index in [0.717, 1.165) is 28.5 Å². The van der Waals surface area contributed by atoms with Gasteiger partial charge in [-0.15, -0.1) is 5.10 Å². The predicted octanol–water partition coefficient (Wildman–Crippen LogP) is 2.98. The van der Waals surface area contributed by atoms with Gasteiger partial charge in [-0.25, -0.2) is 4.98 Å². The van der Waals surface area contributed by atoms with Gasteiger partial charge in [-0.3, -0.25) is 4.79 Å². The number of H-pyrrole nitrogens is 1. The molecular weight excluding hydrogens is 310 g/mol. The Morgan fingerprint density at radius 2 is 2.13 bits per heavy atom. The maximum absolute atomic E-state index is 12.3. The van der Waals surface area contributed by atoms with E-state index in [2.05, 4.69) is 24.9 Å². The summed E-state index contributed by atoms with van der Waals surface area (Å²) in [6.07, 6.45) is 2.46. The fourth-order valence-electron chi connectivity index (χ4n) is 2.26. The van der Waals surface area contributed by atoms with Gasteiger partial charge in [0.05, 0.1) is 23.6 Å². The van der Waals surface area contributed by atoms with Crippen LogP contribution in [-0.4, -0.2) is 25.5 Å². The molecule has 1 amide bonds. The van der Waals surface area contributed by atoms with Gasteiger partial charge in [0.1, 0.15) is 10.7 Å². The van der Waals surface area contributed by atoms with E-state index in [-0.39, 0.29) is 11.9 Å². The molecule has 118 valence electrons. The molecule has 23 heavy (non-hydrogen) atoms. The maximum Gasteiger partial charge on any atom is 0.265 e. The number of nitrogens with zero attached hydrogens (tertiary/aromatic N) is 3. The van der Waals surface area contributed by atoms with E-state index in [0.29, 0.717) is 17.1 Å². The number of benzene rings is 1. The van der Waals surface area contributed by atoms with Crippen LogP contribution in [0.15, 0.2) is 36.5 Å². The van der Waals surface area contributed by atoms with Crippen molar-refractivity contribution in [2.24, 2.45) is 0 Å². The first kappa shape index (κ1) is 15.4. The van der Waals surface area contributed by atoms with E-state index in [1.54, 1.807) is 6.20 Å². The number of aryl methyl sites for hydroxylation is 1. The van der Waals surface area contributed by atoms with E-state index in [1.807, 2.05) is 44.2 Å². The second-order valence-corrected chi connectivity index (χ2v) is 5.90. The van der Waals surface area contributed by atoms with E-state index < -0.39 is 0 Å².